The predicted molar refractivity (Wildman–Crippen MR) is 81.1 cm³/mol. The van der Waals surface area contributed by atoms with Gasteiger partial charge in [0.1, 0.15) is 6.29 Å². The number of hydrogen-bond donors (Lipinski definition) is 1. The summed E-state index contributed by atoms with van der Waals surface area (Å²) in [7, 11) is 0. The molecule has 2 N–H and O–H groups in total. The average Bonchev–Trinajstić information content (AvgIpc) is 2.48. The Hall–Kier alpha value is -0.390. The maximum atomic E-state index is 11.7. The zero-order chi connectivity index (χ0) is 14.6. The van der Waals surface area contributed by atoms with Crippen LogP contribution in [0.1, 0.15) is 6.42 Å². The fourth-order valence-corrected chi connectivity index (χ4v) is 3.44. The molecule has 0 aromatic heterocycles. The second kappa shape index (κ2) is 7.05. The molecule has 1 saturated heterocycles. The van der Waals surface area contributed by atoms with Crippen molar-refractivity contribution >= 4 is 29.5 Å². The molecule has 1 heterocycles. The van der Waals surface area contributed by atoms with Gasteiger partial charge in [-0.15, -0.1) is 11.6 Å². The maximum Gasteiger partial charge on any atom is 0.133 e. The van der Waals surface area contributed by atoms with E-state index in [2.05, 4.69) is 4.90 Å². The van der Waals surface area contributed by atoms with Crippen LogP contribution in [-0.2, 0) is 9.53 Å². The maximum absolute atomic E-state index is 11.7. The highest BCUT2D eigenvalue weighted by molar-refractivity contribution is 6.34. The number of aldehydes is 1. The lowest BCUT2D eigenvalue weighted by Crippen LogP contribution is -2.42. The van der Waals surface area contributed by atoms with Gasteiger partial charge in [-0.3, -0.25) is 4.90 Å². The number of carbonyl (C=O) groups excluding carboxylic acids is 1. The van der Waals surface area contributed by atoms with E-state index in [9.17, 15) is 4.79 Å². The minimum absolute atomic E-state index is 0.373. The number of allylic oxidation sites excluding steroid dienone is 2. The molecule has 112 valence electrons. The second-order valence-corrected chi connectivity index (χ2v) is 6.08. The quantitative estimate of drug-likeness (QED) is 0.617. The summed E-state index contributed by atoms with van der Waals surface area (Å²) in [4.78, 5) is 13.9. The number of carbonyl (C=O) groups is 1. The van der Waals surface area contributed by atoms with Crippen LogP contribution in [0.5, 0.6) is 0 Å². The first-order valence-electron chi connectivity index (χ1n) is 6.81. The van der Waals surface area contributed by atoms with Crippen molar-refractivity contribution in [1.29, 1.82) is 0 Å². The van der Waals surface area contributed by atoms with E-state index in [0.717, 1.165) is 44.7 Å². The van der Waals surface area contributed by atoms with Crippen molar-refractivity contribution in [3.8, 4) is 0 Å². The molecule has 2 rings (SSSR count). The topological polar surface area (TPSA) is 55.6 Å². The van der Waals surface area contributed by atoms with Crippen molar-refractivity contribution in [3.63, 3.8) is 0 Å². The summed E-state index contributed by atoms with van der Waals surface area (Å²) in [6.07, 6.45) is 5.09. The lowest BCUT2D eigenvalue weighted by atomic mass is 9.77. The molecule has 0 radical (unpaired) electrons. The van der Waals surface area contributed by atoms with E-state index < -0.39 is 10.8 Å². The Kier molecular flexibility index (Phi) is 5.64. The Bertz CT molecular complexity index is 419. The fourth-order valence-electron chi connectivity index (χ4n) is 2.55. The Morgan fingerprint density at radius 1 is 1.50 bits per heavy atom. The normalized spacial score (nSPS) is 31.6. The average molecular weight is 319 g/mol. The summed E-state index contributed by atoms with van der Waals surface area (Å²) < 4.78 is 5.32. The van der Waals surface area contributed by atoms with Gasteiger partial charge in [0.15, 0.2) is 0 Å². The third-order valence-electron chi connectivity index (χ3n) is 4.00. The smallest absolute Gasteiger partial charge is 0.133 e. The molecule has 1 aliphatic carbocycles. The molecular formula is C14H20Cl2N2O2. The molecular weight excluding hydrogens is 299 g/mol. The van der Waals surface area contributed by atoms with Crippen molar-refractivity contribution in [2.45, 2.75) is 11.8 Å². The minimum Gasteiger partial charge on any atom is -0.379 e. The van der Waals surface area contributed by atoms with E-state index in [1.54, 1.807) is 6.08 Å². The van der Waals surface area contributed by atoms with Crippen molar-refractivity contribution < 1.29 is 9.53 Å². The summed E-state index contributed by atoms with van der Waals surface area (Å²) in [5, 5.41) is 0.0424. The highest BCUT2D eigenvalue weighted by Gasteiger charge is 2.42. The van der Waals surface area contributed by atoms with Crippen LogP contribution in [0.3, 0.4) is 0 Å². The largest absolute Gasteiger partial charge is 0.379 e. The van der Waals surface area contributed by atoms with Crippen molar-refractivity contribution in [3.05, 3.63) is 22.8 Å². The molecule has 0 saturated carbocycles. The first-order valence-corrected chi connectivity index (χ1v) is 7.63. The summed E-state index contributed by atoms with van der Waals surface area (Å²) in [6.45, 7) is 4.39. The number of morpholine rings is 1. The Labute approximate surface area is 129 Å². The number of ether oxygens (including phenoxy) is 1. The highest BCUT2D eigenvalue weighted by atomic mass is 35.5. The van der Waals surface area contributed by atoms with Gasteiger partial charge in [-0.1, -0.05) is 17.7 Å². The summed E-state index contributed by atoms with van der Waals surface area (Å²) in [6, 6.07) is 0. The predicted octanol–water partition coefficient (Wildman–Crippen LogP) is 1.52. The molecule has 20 heavy (non-hydrogen) atoms. The van der Waals surface area contributed by atoms with Gasteiger partial charge in [0.2, 0.25) is 0 Å². The molecule has 0 aromatic rings. The van der Waals surface area contributed by atoms with Gasteiger partial charge in [0.25, 0.3) is 0 Å². The lowest BCUT2D eigenvalue weighted by molar-refractivity contribution is -0.114. The van der Waals surface area contributed by atoms with Crippen LogP contribution in [0, 0.1) is 5.41 Å². The van der Waals surface area contributed by atoms with Crippen molar-refractivity contribution in [2.24, 2.45) is 11.1 Å². The third kappa shape index (κ3) is 3.26. The standard InChI is InChI=1S/C14H20Cl2N2O2/c15-12-7-11(9-17)8-13(16)14(12,10-19)1-2-18-3-5-20-6-4-18/h7-8,10,12H,1-6,9,17H2. The van der Waals surface area contributed by atoms with Gasteiger partial charge >= 0.3 is 0 Å². The molecule has 1 aliphatic heterocycles. The van der Waals surface area contributed by atoms with Gasteiger partial charge in [-0.25, -0.2) is 0 Å². The van der Waals surface area contributed by atoms with Crippen LogP contribution >= 0.6 is 23.2 Å². The van der Waals surface area contributed by atoms with Crippen LogP contribution in [0.2, 0.25) is 0 Å². The fraction of sp³-hybridized carbons (Fsp3) is 0.643. The van der Waals surface area contributed by atoms with E-state index in [-0.39, 0.29) is 0 Å². The molecule has 6 heteroatoms. The van der Waals surface area contributed by atoms with Gasteiger partial charge in [0.05, 0.1) is 24.0 Å². The van der Waals surface area contributed by atoms with Crippen LogP contribution in [0.25, 0.3) is 0 Å². The van der Waals surface area contributed by atoms with Gasteiger partial charge in [-0.2, -0.15) is 0 Å². The van der Waals surface area contributed by atoms with E-state index in [4.69, 9.17) is 33.7 Å². The van der Waals surface area contributed by atoms with Crippen LogP contribution in [0.15, 0.2) is 22.8 Å². The molecule has 4 nitrogen and oxygen atoms in total. The molecule has 0 aromatic carbocycles. The molecule has 2 unspecified atom stereocenters. The third-order valence-corrected chi connectivity index (χ3v) is 4.98. The molecule has 0 bridgehead atoms. The molecule has 1 fully saturated rings. The van der Waals surface area contributed by atoms with Crippen molar-refractivity contribution in [2.75, 3.05) is 39.4 Å². The molecule has 2 atom stereocenters. The van der Waals surface area contributed by atoms with E-state index in [1.165, 1.54) is 0 Å². The summed E-state index contributed by atoms with van der Waals surface area (Å²) in [5.41, 5.74) is 5.65. The molecule has 0 amide bonds. The number of alkyl halides is 1. The number of nitrogens with zero attached hydrogens (tertiary/aromatic N) is 1. The first-order chi connectivity index (χ1) is 9.62. The van der Waals surface area contributed by atoms with Gasteiger partial charge < -0.3 is 15.3 Å². The van der Waals surface area contributed by atoms with Gasteiger partial charge in [-0.05, 0) is 24.6 Å². The SMILES string of the molecule is NCC1=CC(Cl)C(C=O)(CCN2CCOCC2)C(Cl)=C1. The zero-order valence-electron chi connectivity index (χ0n) is 11.4. The first kappa shape index (κ1) is 16.0. The number of hydrogen-bond acceptors (Lipinski definition) is 4. The Morgan fingerprint density at radius 3 is 2.75 bits per heavy atom. The monoisotopic (exact) mass is 318 g/mol. The number of nitrogens with two attached hydrogens (primary N) is 1. The van der Waals surface area contributed by atoms with Crippen LogP contribution < -0.4 is 5.73 Å². The Morgan fingerprint density at radius 2 is 2.20 bits per heavy atom. The zero-order valence-corrected chi connectivity index (χ0v) is 12.9. The Balaban J connectivity index is 2.07. The summed E-state index contributed by atoms with van der Waals surface area (Å²) in [5.74, 6) is 0. The summed E-state index contributed by atoms with van der Waals surface area (Å²) >= 11 is 12.7. The number of halogens is 2. The molecule has 0 spiro atoms. The number of rotatable bonds is 5. The minimum atomic E-state index is -0.833. The van der Waals surface area contributed by atoms with E-state index >= 15 is 0 Å². The highest BCUT2D eigenvalue weighted by Crippen LogP contribution is 2.43. The van der Waals surface area contributed by atoms with Gasteiger partial charge in [0, 0.05) is 24.7 Å². The van der Waals surface area contributed by atoms with Crippen LogP contribution in [-0.4, -0.2) is 56.0 Å². The molecule has 2 aliphatic rings. The second-order valence-electron chi connectivity index (χ2n) is 5.20. The van der Waals surface area contributed by atoms with Crippen molar-refractivity contribution in [1.82, 2.24) is 4.90 Å². The van der Waals surface area contributed by atoms with E-state index in [0.29, 0.717) is 18.0 Å². The van der Waals surface area contributed by atoms with Crippen LogP contribution in [0.4, 0.5) is 0 Å². The lowest BCUT2D eigenvalue weighted by Gasteiger charge is -2.36. The van der Waals surface area contributed by atoms with E-state index in [1.807, 2.05) is 6.08 Å².